The summed E-state index contributed by atoms with van der Waals surface area (Å²) < 4.78 is 4.88. The summed E-state index contributed by atoms with van der Waals surface area (Å²) in [5.41, 5.74) is 6.76. The van der Waals surface area contributed by atoms with Gasteiger partial charge in [0.15, 0.2) is 0 Å². The molecule has 6 heteroatoms. The van der Waals surface area contributed by atoms with Crippen LogP contribution in [-0.2, 0) is 9.53 Å². The summed E-state index contributed by atoms with van der Waals surface area (Å²) in [4.78, 5) is 13.0. The standard InChI is InChI=1S/C15H24N2O2S.ClH/c1-10(2)20-13-7-5-12(6-8-13)11(3)17-15(18)14(16)9-19-4;/h5-8,10-11,14H,9,16H2,1-4H3,(H,17,18);1H. The molecule has 0 aliphatic rings. The quantitative estimate of drug-likeness (QED) is 0.754. The summed E-state index contributed by atoms with van der Waals surface area (Å²) >= 11 is 1.82. The third-order valence-electron chi connectivity index (χ3n) is 2.79. The number of methoxy groups -OCH3 is 1. The summed E-state index contributed by atoms with van der Waals surface area (Å²) in [6.45, 7) is 6.50. The molecule has 2 unspecified atom stereocenters. The molecule has 0 fully saturated rings. The molecule has 0 aromatic heterocycles. The topological polar surface area (TPSA) is 64.3 Å². The molecule has 0 saturated carbocycles. The Kier molecular flexibility index (Phi) is 9.70. The molecule has 0 aliphatic carbocycles. The second kappa shape index (κ2) is 10.1. The number of hydrogen-bond acceptors (Lipinski definition) is 4. The van der Waals surface area contributed by atoms with E-state index in [0.717, 1.165) is 5.56 Å². The van der Waals surface area contributed by atoms with E-state index in [0.29, 0.717) is 5.25 Å². The van der Waals surface area contributed by atoms with Gasteiger partial charge < -0.3 is 15.8 Å². The van der Waals surface area contributed by atoms with E-state index in [9.17, 15) is 4.79 Å². The molecule has 0 heterocycles. The van der Waals surface area contributed by atoms with Crippen LogP contribution in [-0.4, -0.2) is 30.9 Å². The van der Waals surface area contributed by atoms with Gasteiger partial charge in [-0.1, -0.05) is 26.0 Å². The third kappa shape index (κ3) is 7.18. The minimum Gasteiger partial charge on any atom is -0.383 e. The van der Waals surface area contributed by atoms with Crippen LogP contribution in [0.3, 0.4) is 0 Å². The van der Waals surface area contributed by atoms with Gasteiger partial charge in [-0.2, -0.15) is 0 Å². The van der Waals surface area contributed by atoms with Crippen molar-refractivity contribution in [2.45, 2.75) is 43.0 Å². The van der Waals surface area contributed by atoms with Crippen LogP contribution in [0.4, 0.5) is 0 Å². The van der Waals surface area contributed by atoms with Crippen LogP contribution in [0.15, 0.2) is 29.2 Å². The Morgan fingerprint density at radius 2 is 1.86 bits per heavy atom. The number of ether oxygens (including phenoxy) is 1. The van der Waals surface area contributed by atoms with E-state index in [2.05, 4.69) is 31.3 Å². The van der Waals surface area contributed by atoms with Crippen LogP contribution >= 0.6 is 24.2 Å². The van der Waals surface area contributed by atoms with E-state index in [1.165, 1.54) is 12.0 Å². The van der Waals surface area contributed by atoms with Crippen LogP contribution in [0, 0.1) is 0 Å². The van der Waals surface area contributed by atoms with Gasteiger partial charge in [0.1, 0.15) is 6.04 Å². The smallest absolute Gasteiger partial charge is 0.239 e. The molecule has 0 bridgehead atoms. The van der Waals surface area contributed by atoms with Crippen molar-refractivity contribution in [3.8, 4) is 0 Å². The Balaban J connectivity index is 0.00000400. The molecule has 4 nitrogen and oxygen atoms in total. The number of nitrogens with one attached hydrogen (secondary N) is 1. The zero-order valence-corrected chi connectivity index (χ0v) is 14.6. The molecule has 3 N–H and O–H groups in total. The van der Waals surface area contributed by atoms with Crippen molar-refractivity contribution in [3.63, 3.8) is 0 Å². The predicted octanol–water partition coefficient (Wildman–Crippen LogP) is 2.76. The fourth-order valence-corrected chi connectivity index (χ4v) is 2.60. The highest BCUT2D eigenvalue weighted by Gasteiger charge is 2.16. The molecule has 1 rings (SSSR count). The van der Waals surface area contributed by atoms with Gasteiger partial charge in [0.25, 0.3) is 0 Å². The first-order valence-corrected chi connectivity index (χ1v) is 7.63. The zero-order valence-electron chi connectivity index (χ0n) is 13.0. The van der Waals surface area contributed by atoms with E-state index >= 15 is 0 Å². The second-order valence-electron chi connectivity index (χ2n) is 5.03. The van der Waals surface area contributed by atoms with Crippen LogP contribution < -0.4 is 11.1 Å². The van der Waals surface area contributed by atoms with Crippen LogP contribution in [0.2, 0.25) is 0 Å². The molecular weight excluding hydrogens is 308 g/mol. The molecule has 1 amide bonds. The number of rotatable bonds is 7. The van der Waals surface area contributed by atoms with Crippen molar-refractivity contribution >= 4 is 30.1 Å². The van der Waals surface area contributed by atoms with Crippen LogP contribution in [0.5, 0.6) is 0 Å². The van der Waals surface area contributed by atoms with Crippen LogP contribution in [0.25, 0.3) is 0 Å². The van der Waals surface area contributed by atoms with Gasteiger partial charge in [-0.3, -0.25) is 4.79 Å². The lowest BCUT2D eigenvalue weighted by Crippen LogP contribution is -2.44. The number of thioether (sulfide) groups is 1. The average Bonchev–Trinajstić information content (AvgIpc) is 2.39. The van der Waals surface area contributed by atoms with Crippen molar-refractivity contribution in [3.05, 3.63) is 29.8 Å². The zero-order chi connectivity index (χ0) is 15.1. The SMILES string of the molecule is COCC(N)C(=O)NC(C)c1ccc(SC(C)C)cc1.Cl. The number of carbonyl (C=O) groups is 1. The summed E-state index contributed by atoms with van der Waals surface area (Å²) in [7, 11) is 1.53. The van der Waals surface area contributed by atoms with Gasteiger partial charge in [-0.05, 0) is 24.6 Å². The second-order valence-corrected chi connectivity index (χ2v) is 6.68. The Hall–Kier alpha value is -0.750. The van der Waals surface area contributed by atoms with Gasteiger partial charge in [0, 0.05) is 17.3 Å². The van der Waals surface area contributed by atoms with Crippen molar-refractivity contribution in [1.82, 2.24) is 5.32 Å². The lowest BCUT2D eigenvalue weighted by atomic mass is 10.1. The minimum absolute atomic E-state index is 0. The van der Waals surface area contributed by atoms with Gasteiger partial charge in [-0.25, -0.2) is 0 Å². The van der Waals surface area contributed by atoms with Gasteiger partial charge in [-0.15, -0.1) is 24.2 Å². The Labute approximate surface area is 137 Å². The first kappa shape index (κ1) is 20.2. The highest BCUT2D eigenvalue weighted by atomic mass is 35.5. The number of carbonyl (C=O) groups excluding carboxylic acids is 1. The largest absolute Gasteiger partial charge is 0.383 e. The minimum atomic E-state index is -0.627. The maximum absolute atomic E-state index is 11.8. The molecule has 0 aliphatic heterocycles. The number of nitrogens with two attached hydrogens (primary N) is 1. The first-order chi connectivity index (χ1) is 9.43. The Morgan fingerprint density at radius 3 is 2.33 bits per heavy atom. The van der Waals surface area contributed by atoms with E-state index in [4.69, 9.17) is 10.5 Å². The fourth-order valence-electron chi connectivity index (χ4n) is 1.77. The van der Waals surface area contributed by atoms with Crippen molar-refractivity contribution in [2.75, 3.05) is 13.7 Å². The number of amides is 1. The van der Waals surface area contributed by atoms with E-state index in [1.54, 1.807) is 0 Å². The molecule has 0 radical (unpaired) electrons. The Bertz CT molecular complexity index is 426. The molecule has 1 aromatic carbocycles. The highest BCUT2D eigenvalue weighted by molar-refractivity contribution is 7.99. The molecule has 2 atom stereocenters. The summed E-state index contributed by atoms with van der Waals surface area (Å²) in [5.74, 6) is -0.194. The van der Waals surface area contributed by atoms with Gasteiger partial charge in [0.2, 0.25) is 5.91 Å². The van der Waals surface area contributed by atoms with E-state index < -0.39 is 6.04 Å². The van der Waals surface area contributed by atoms with Crippen molar-refractivity contribution < 1.29 is 9.53 Å². The molecule has 21 heavy (non-hydrogen) atoms. The molecule has 0 spiro atoms. The predicted molar refractivity (Wildman–Crippen MR) is 91.1 cm³/mol. The van der Waals surface area contributed by atoms with Crippen LogP contribution in [0.1, 0.15) is 32.4 Å². The van der Waals surface area contributed by atoms with Gasteiger partial charge >= 0.3 is 0 Å². The maximum Gasteiger partial charge on any atom is 0.239 e. The number of hydrogen-bond donors (Lipinski definition) is 2. The normalized spacial score (nSPS) is 13.4. The van der Waals surface area contributed by atoms with E-state index in [-0.39, 0.29) is 31.0 Å². The molecular formula is C15H25ClN2O2S. The number of benzene rings is 1. The maximum atomic E-state index is 11.8. The molecule has 0 saturated heterocycles. The number of halogens is 1. The monoisotopic (exact) mass is 332 g/mol. The summed E-state index contributed by atoms with van der Waals surface area (Å²) in [5, 5.41) is 3.45. The lowest BCUT2D eigenvalue weighted by molar-refractivity contribution is -0.124. The van der Waals surface area contributed by atoms with E-state index in [1.807, 2.05) is 30.8 Å². The molecule has 1 aromatic rings. The third-order valence-corrected chi connectivity index (χ3v) is 3.81. The molecule has 120 valence electrons. The fraction of sp³-hybridized carbons (Fsp3) is 0.533. The summed E-state index contributed by atoms with van der Waals surface area (Å²) in [6.07, 6.45) is 0. The Morgan fingerprint density at radius 1 is 1.29 bits per heavy atom. The van der Waals surface area contributed by atoms with Crippen molar-refractivity contribution in [2.24, 2.45) is 5.73 Å². The van der Waals surface area contributed by atoms with Gasteiger partial charge in [0.05, 0.1) is 12.6 Å². The average molecular weight is 333 g/mol. The summed E-state index contributed by atoms with van der Waals surface area (Å²) in [6, 6.07) is 7.55. The lowest BCUT2D eigenvalue weighted by Gasteiger charge is -2.18. The van der Waals surface area contributed by atoms with Crippen molar-refractivity contribution in [1.29, 1.82) is 0 Å². The first-order valence-electron chi connectivity index (χ1n) is 6.75. The highest BCUT2D eigenvalue weighted by Crippen LogP contribution is 2.24.